The number of nitrogen functional groups attached to an aromatic ring is 1. The Labute approximate surface area is 108 Å². The molecule has 0 amide bonds. The lowest BCUT2D eigenvalue weighted by atomic mass is 10.3. The van der Waals surface area contributed by atoms with Crippen LogP contribution in [0.4, 0.5) is 5.69 Å². The Bertz CT molecular complexity index is 558. The molecule has 1 unspecified atom stereocenters. The summed E-state index contributed by atoms with van der Waals surface area (Å²) in [4.78, 5) is 4.73. The lowest BCUT2D eigenvalue weighted by Crippen LogP contribution is -2.02. The van der Waals surface area contributed by atoms with E-state index in [1.807, 2.05) is 18.2 Å². The fraction of sp³-hybridized carbons (Fsp3) is 0.154. The summed E-state index contributed by atoms with van der Waals surface area (Å²) in [7, 11) is 0.341. The van der Waals surface area contributed by atoms with E-state index in [0.717, 1.165) is 5.69 Å². The standard InChI is InChI=1S/C13H14N2O2S/c1-17-11-5-6-12(14)13(8-11)18(16)9-10-4-2-3-7-15-10/h2-8H,9,14H2,1H3. The van der Waals surface area contributed by atoms with Gasteiger partial charge in [0.1, 0.15) is 5.75 Å². The highest BCUT2D eigenvalue weighted by Crippen LogP contribution is 2.24. The van der Waals surface area contributed by atoms with Crippen LogP contribution in [0.1, 0.15) is 5.69 Å². The zero-order valence-corrected chi connectivity index (χ0v) is 10.8. The molecule has 0 spiro atoms. The van der Waals surface area contributed by atoms with Crippen molar-refractivity contribution < 1.29 is 8.95 Å². The molecular formula is C13H14N2O2S. The molecule has 2 N–H and O–H groups in total. The fourth-order valence-corrected chi connectivity index (χ4v) is 2.71. The second kappa shape index (κ2) is 5.64. The van der Waals surface area contributed by atoms with Crippen molar-refractivity contribution in [1.29, 1.82) is 0 Å². The number of anilines is 1. The molecule has 5 heteroatoms. The molecule has 0 saturated heterocycles. The summed E-state index contributed by atoms with van der Waals surface area (Å²) < 4.78 is 17.3. The summed E-state index contributed by atoms with van der Waals surface area (Å²) in [6.45, 7) is 0. The van der Waals surface area contributed by atoms with Crippen LogP contribution in [0.15, 0.2) is 47.5 Å². The normalized spacial score (nSPS) is 12.1. The number of rotatable bonds is 4. The average molecular weight is 262 g/mol. The molecular weight excluding hydrogens is 248 g/mol. The average Bonchev–Trinajstić information content (AvgIpc) is 2.40. The second-order valence-corrected chi connectivity index (χ2v) is 5.13. The van der Waals surface area contributed by atoms with Gasteiger partial charge in [-0.3, -0.25) is 9.19 Å². The Morgan fingerprint density at radius 2 is 2.17 bits per heavy atom. The van der Waals surface area contributed by atoms with Crippen LogP contribution in [0.3, 0.4) is 0 Å². The van der Waals surface area contributed by atoms with E-state index < -0.39 is 10.8 Å². The van der Waals surface area contributed by atoms with Crippen molar-refractivity contribution in [3.63, 3.8) is 0 Å². The van der Waals surface area contributed by atoms with Gasteiger partial charge in [0.05, 0.1) is 34.3 Å². The molecule has 0 radical (unpaired) electrons. The molecule has 1 aromatic carbocycles. The van der Waals surface area contributed by atoms with Crippen molar-refractivity contribution in [2.45, 2.75) is 10.6 Å². The third kappa shape index (κ3) is 2.87. The molecule has 4 nitrogen and oxygen atoms in total. The van der Waals surface area contributed by atoms with Crippen LogP contribution in [0.5, 0.6) is 5.75 Å². The van der Waals surface area contributed by atoms with Crippen molar-refractivity contribution in [1.82, 2.24) is 4.98 Å². The summed E-state index contributed by atoms with van der Waals surface area (Å²) in [5, 5.41) is 0. The van der Waals surface area contributed by atoms with Crippen LogP contribution in [0, 0.1) is 0 Å². The molecule has 0 saturated carbocycles. The van der Waals surface area contributed by atoms with Crippen LogP contribution in [0.2, 0.25) is 0 Å². The Hall–Kier alpha value is -1.88. The highest BCUT2D eigenvalue weighted by Gasteiger charge is 2.10. The highest BCUT2D eigenvalue weighted by atomic mass is 32.2. The molecule has 0 fully saturated rings. The van der Waals surface area contributed by atoms with E-state index in [2.05, 4.69) is 4.98 Å². The highest BCUT2D eigenvalue weighted by molar-refractivity contribution is 7.84. The van der Waals surface area contributed by atoms with Gasteiger partial charge in [-0.15, -0.1) is 0 Å². The fourth-order valence-electron chi connectivity index (χ4n) is 1.53. The smallest absolute Gasteiger partial charge is 0.120 e. The number of ether oxygens (including phenoxy) is 1. The molecule has 0 aliphatic carbocycles. The number of pyridine rings is 1. The van der Waals surface area contributed by atoms with Gasteiger partial charge in [0.15, 0.2) is 0 Å². The van der Waals surface area contributed by atoms with Crippen molar-refractivity contribution >= 4 is 16.5 Å². The number of hydrogen-bond donors (Lipinski definition) is 1. The first-order chi connectivity index (χ1) is 8.70. The third-order valence-electron chi connectivity index (χ3n) is 2.47. The van der Waals surface area contributed by atoms with E-state index in [1.165, 1.54) is 0 Å². The number of benzene rings is 1. The number of nitrogens with two attached hydrogens (primary N) is 1. The zero-order valence-electron chi connectivity index (χ0n) is 10.00. The molecule has 0 aliphatic heterocycles. The molecule has 1 atom stereocenters. The molecule has 0 bridgehead atoms. The number of hydrogen-bond acceptors (Lipinski definition) is 4. The van der Waals surface area contributed by atoms with E-state index in [1.54, 1.807) is 31.5 Å². The van der Waals surface area contributed by atoms with E-state index in [9.17, 15) is 4.21 Å². The molecule has 2 aromatic rings. The first-order valence-corrected chi connectivity index (χ1v) is 6.74. The second-order valence-electron chi connectivity index (χ2n) is 3.71. The van der Waals surface area contributed by atoms with Gasteiger partial charge < -0.3 is 10.5 Å². The quantitative estimate of drug-likeness (QED) is 0.856. The predicted octanol–water partition coefficient (Wildman–Crippen LogP) is 1.98. The van der Waals surface area contributed by atoms with E-state index in [0.29, 0.717) is 22.1 Å². The van der Waals surface area contributed by atoms with Gasteiger partial charge in [-0.05, 0) is 30.3 Å². The molecule has 1 heterocycles. The number of nitrogens with zero attached hydrogens (tertiary/aromatic N) is 1. The lowest BCUT2D eigenvalue weighted by Gasteiger charge is -2.07. The maximum atomic E-state index is 12.2. The van der Waals surface area contributed by atoms with Crippen LogP contribution in [-0.2, 0) is 16.6 Å². The zero-order chi connectivity index (χ0) is 13.0. The summed E-state index contributed by atoms with van der Waals surface area (Å²) in [5.74, 6) is 0.992. The molecule has 1 aromatic heterocycles. The van der Waals surface area contributed by atoms with Crippen LogP contribution in [-0.4, -0.2) is 16.3 Å². The summed E-state index contributed by atoms with van der Waals surface area (Å²) in [6.07, 6.45) is 1.68. The maximum Gasteiger partial charge on any atom is 0.120 e. The van der Waals surface area contributed by atoms with Crippen molar-refractivity contribution in [3.8, 4) is 5.75 Å². The molecule has 0 aliphatic rings. The van der Waals surface area contributed by atoms with Gasteiger partial charge in [0, 0.05) is 11.9 Å². The number of aromatic nitrogens is 1. The van der Waals surface area contributed by atoms with Crippen molar-refractivity contribution in [2.24, 2.45) is 0 Å². The van der Waals surface area contributed by atoms with Gasteiger partial charge in [-0.2, -0.15) is 0 Å². The minimum absolute atomic E-state index is 0.345. The SMILES string of the molecule is COc1ccc(N)c(S(=O)Cc2ccccn2)c1. The lowest BCUT2D eigenvalue weighted by molar-refractivity contribution is 0.413. The van der Waals surface area contributed by atoms with Crippen LogP contribution in [0.25, 0.3) is 0 Å². The monoisotopic (exact) mass is 262 g/mol. The number of methoxy groups -OCH3 is 1. The van der Waals surface area contributed by atoms with Crippen LogP contribution >= 0.6 is 0 Å². The topological polar surface area (TPSA) is 65.2 Å². The summed E-state index contributed by atoms with van der Waals surface area (Å²) >= 11 is 0. The van der Waals surface area contributed by atoms with Gasteiger partial charge in [0.2, 0.25) is 0 Å². The Kier molecular flexibility index (Phi) is 3.94. The van der Waals surface area contributed by atoms with Gasteiger partial charge >= 0.3 is 0 Å². The first-order valence-electron chi connectivity index (χ1n) is 5.42. The Morgan fingerprint density at radius 3 is 2.83 bits per heavy atom. The van der Waals surface area contributed by atoms with Gasteiger partial charge in [-0.25, -0.2) is 0 Å². The summed E-state index contributed by atoms with van der Waals surface area (Å²) in [5.41, 5.74) is 7.11. The summed E-state index contributed by atoms with van der Waals surface area (Å²) in [6, 6.07) is 10.7. The van der Waals surface area contributed by atoms with E-state index >= 15 is 0 Å². The molecule has 18 heavy (non-hydrogen) atoms. The minimum Gasteiger partial charge on any atom is -0.497 e. The van der Waals surface area contributed by atoms with Crippen LogP contribution < -0.4 is 10.5 Å². The first kappa shape index (κ1) is 12.6. The van der Waals surface area contributed by atoms with E-state index in [4.69, 9.17) is 10.5 Å². The third-order valence-corrected chi connectivity index (χ3v) is 3.87. The van der Waals surface area contributed by atoms with Crippen molar-refractivity contribution in [3.05, 3.63) is 48.3 Å². The largest absolute Gasteiger partial charge is 0.497 e. The molecule has 2 rings (SSSR count). The van der Waals surface area contributed by atoms with E-state index in [-0.39, 0.29) is 0 Å². The molecule has 94 valence electrons. The predicted molar refractivity (Wildman–Crippen MR) is 71.8 cm³/mol. The van der Waals surface area contributed by atoms with Crippen molar-refractivity contribution in [2.75, 3.05) is 12.8 Å². The maximum absolute atomic E-state index is 12.2. The minimum atomic E-state index is -1.23. The van der Waals surface area contributed by atoms with Gasteiger partial charge in [0.25, 0.3) is 0 Å². The Balaban J connectivity index is 2.23. The van der Waals surface area contributed by atoms with Gasteiger partial charge in [-0.1, -0.05) is 6.07 Å². The Morgan fingerprint density at radius 1 is 1.33 bits per heavy atom.